The van der Waals surface area contributed by atoms with Crippen LogP contribution in [0.2, 0.25) is 5.02 Å². The molecule has 0 N–H and O–H groups in total. The van der Waals surface area contributed by atoms with Crippen LogP contribution < -0.4 is 4.90 Å². The van der Waals surface area contributed by atoms with Gasteiger partial charge >= 0.3 is 0 Å². The largest absolute Gasteiger partial charge is 0.378 e. The van der Waals surface area contributed by atoms with E-state index >= 15 is 0 Å². The molecule has 3 heterocycles. The second-order valence-electron chi connectivity index (χ2n) is 8.86. The van der Waals surface area contributed by atoms with E-state index in [2.05, 4.69) is 13.0 Å². The van der Waals surface area contributed by atoms with Gasteiger partial charge in [-0.1, -0.05) is 36.7 Å². The van der Waals surface area contributed by atoms with Crippen LogP contribution in [0.25, 0.3) is 17.0 Å². The average molecular weight is 523 g/mol. The Balaban J connectivity index is 1.54. The summed E-state index contributed by atoms with van der Waals surface area (Å²) in [6.07, 6.45) is 4.66. The van der Waals surface area contributed by atoms with E-state index in [1.807, 2.05) is 33.9 Å². The van der Waals surface area contributed by atoms with Crippen LogP contribution >= 0.6 is 23.8 Å². The lowest BCUT2D eigenvalue weighted by Gasteiger charge is -2.27. The lowest BCUT2D eigenvalue weighted by atomic mass is 10.1. The highest BCUT2D eigenvalue weighted by molar-refractivity contribution is 7.80. The number of aromatic nitrogens is 1. The molecule has 0 unspecified atom stereocenters. The summed E-state index contributed by atoms with van der Waals surface area (Å²) in [5.41, 5.74) is 4.16. The van der Waals surface area contributed by atoms with Crippen LogP contribution in [-0.2, 0) is 27.3 Å². The number of aryl methyl sites for hydroxylation is 1. The molecular weight excluding hydrogens is 496 g/mol. The normalized spacial score (nSPS) is 17.6. The molecule has 7 nitrogen and oxygen atoms in total. The van der Waals surface area contributed by atoms with Gasteiger partial charge in [0, 0.05) is 42.3 Å². The fourth-order valence-corrected chi connectivity index (χ4v) is 5.18. The van der Waals surface area contributed by atoms with Crippen molar-refractivity contribution in [3.63, 3.8) is 0 Å². The molecule has 0 atom stereocenters. The van der Waals surface area contributed by atoms with Crippen LogP contribution in [0.5, 0.6) is 0 Å². The number of amides is 2. The number of nitrogens with zero attached hydrogens (tertiary/aromatic N) is 4. The number of hydrogen-bond acceptors (Lipinski definition) is 4. The van der Waals surface area contributed by atoms with Crippen molar-refractivity contribution in [2.75, 3.05) is 38.3 Å². The topological polar surface area (TPSA) is 58.0 Å². The smallest absolute Gasteiger partial charge is 0.281 e. The maximum absolute atomic E-state index is 13.5. The minimum Gasteiger partial charge on any atom is -0.378 e. The quantitative estimate of drug-likeness (QED) is 0.369. The molecule has 36 heavy (non-hydrogen) atoms. The van der Waals surface area contributed by atoms with Gasteiger partial charge in [-0.15, -0.1) is 0 Å². The summed E-state index contributed by atoms with van der Waals surface area (Å²) in [5.74, 6) is -0.147. The summed E-state index contributed by atoms with van der Waals surface area (Å²) in [6.45, 7) is 4.67. The summed E-state index contributed by atoms with van der Waals surface area (Å²) in [6, 6.07) is 13.2. The molecule has 0 radical (unpaired) electrons. The van der Waals surface area contributed by atoms with E-state index in [0.717, 1.165) is 28.5 Å². The average Bonchev–Trinajstić information content (AvgIpc) is 3.34. The maximum atomic E-state index is 13.5. The molecule has 2 aliphatic rings. The molecule has 2 aromatic carbocycles. The number of ether oxygens (including phenoxy) is 1. The number of carbonyl (C=O) groups is 2. The SMILES string of the molecule is CCc1cccc2c(/C=C3/C(=O)N(c4ccc(Cl)cc4)C(=S)N3C)cn(CC(=O)N3CCOCC3)c12. The van der Waals surface area contributed by atoms with E-state index in [-0.39, 0.29) is 18.4 Å². The third kappa shape index (κ3) is 4.40. The predicted octanol–water partition coefficient (Wildman–Crippen LogP) is 4.32. The molecule has 0 saturated carbocycles. The highest BCUT2D eigenvalue weighted by atomic mass is 35.5. The minimum atomic E-state index is -0.207. The number of carbonyl (C=O) groups excluding carboxylic acids is 2. The minimum absolute atomic E-state index is 0.0597. The fraction of sp³-hybridized carbons (Fsp3) is 0.296. The first kappa shape index (κ1) is 24.5. The lowest BCUT2D eigenvalue weighted by molar-refractivity contribution is -0.135. The lowest BCUT2D eigenvalue weighted by Crippen LogP contribution is -2.42. The highest BCUT2D eigenvalue weighted by Gasteiger charge is 2.37. The van der Waals surface area contributed by atoms with Crippen molar-refractivity contribution in [2.24, 2.45) is 0 Å². The standard InChI is InChI=1S/C27H27ClN4O3S/c1-3-18-5-4-6-22-19(16-31(25(18)22)17-24(33)30-11-13-35-14-12-30)15-23-26(34)32(27(36)29(23)2)21-9-7-20(28)8-10-21/h4-10,15-16H,3,11-14,17H2,1-2H3/b23-15-. The predicted molar refractivity (Wildman–Crippen MR) is 146 cm³/mol. The first-order chi connectivity index (χ1) is 17.4. The Hall–Kier alpha value is -3.20. The monoisotopic (exact) mass is 522 g/mol. The van der Waals surface area contributed by atoms with E-state index < -0.39 is 0 Å². The van der Waals surface area contributed by atoms with Crippen molar-refractivity contribution in [3.8, 4) is 0 Å². The van der Waals surface area contributed by atoms with Crippen molar-refractivity contribution in [1.29, 1.82) is 0 Å². The first-order valence-electron chi connectivity index (χ1n) is 11.9. The highest BCUT2D eigenvalue weighted by Crippen LogP contribution is 2.32. The van der Waals surface area contributed by atoms with Gasteiger partial charge in [0.25, 0.3) is 5.91 Å². The van der Waals surface area contributed by atoms with E-state index in [0.29, 0.717) is 47.8 Å². The van der Waals surface area contributed by atoms with Crippen molar-refractivity contribution in [1.82, 2.24) is 14.4 Å². The van der Waals surface area contributed by atoms with Crippen molar-refractivity contribution < 1.29 is 14.3 Å². The van der Waals surface area contributed by atoms with E-state index in [9.17, 15) is 9.59 Å². The number of rotatable bonds is 5. The van der Waals surface area contributed by atoms with Crippen molar-refractivity contribution in [2.45, 2.75) is 19.9 Å². The second-order valence-corrected chi connectivity index (χ2v) is 9.66. The Labute approximate surface area is 220 Å². The molecule has 0 spiro atoms. The molecule has 0 bridgehead atoms. The molecular formula is C27H27ClN4O3S. The molecule has 0 aliphatic carbocycles. The zero-order valence-electron chi connectivity index (χ0n) is 20.2. The van der Waals surface area contributed by atoms with Gasteiger partial charge in [0.05, 0.1) is 24.4 Å². The number of fused-ring (bicyclic) bond motifs is 1. The Bertz CT molecular complexity index is 1380. The zero-order valence-corrected chi connectivity index (χ0v) is 21.8. The number of morpholine rings is 1. The van der Waals surface area contributed by atoms with Gasteiger partial charge in [0.1, 0.15) is 12.2 Å². The molecule has 3 aromatic rings. The van der Waals surface area contributed by atoms with Crippen LogP contribution in [0.15, 0.2) is 54.4 Å². The van der Waals surface area contributed by atoms with Crippen LogP contribution in [0.1, 0.15) is 18.1 Å². The molecule has 2 amide bonds. The van der Waals surface area contributed by atoms with Crippen LogP contribution in [0, 0.1) is 0 Å². The number of anilines is 1. The van der Waals surface area contributed by atoms with Gasteiger partial charge in [-0.2, -0.15) is 0 Å². The van der Waals surface area contributed by atoms with Crippen LogP contribution in [0.3, 0.4) is 0 Å². The number of hydrogen-bond donors (Lipinski definition) is 0. The summed E-state index contributed by atoms with van der Waals surface area (Å²) in [7, 11) is 1.79. The molecule has 2 saturated heterocycles. The Kier molecular flexibility index (Phi) is 6.83. The van der Waals surface area contributed by atoms with Crippen LogP contribution in [-0.4, -0.2) is 64.6 Å². The third-order valence-corrected chi connectivity index (χ3v) is 7.41. The fourth-order valence-electron chi connectivity index (χ4n) is 4.77. The zero-order chi connectivity index (χ0) is 25.4. The number of para-hydroxylation sites is 1. The van der Waals surface area contributed by atoms with Crippen molar-refractivity contribution >= 4 is 63.4 Å². The maximum Gasteiger partial charge on any atom is 0.281 e. The Morgan fingerprint density at radius 3 is 2.56 bits per heavy atom. The molecule has 5 rings (SSSR count). The van der Waals surface area contributed by atoms with Crippen LogP contribution in [0.4, 0.5) is 5.69 Å². The van der Waals surface area contributed by atoms with Crippen molar-refractivity contribution in [3.05, 3.63) is 70.5 Å². The van der Waals surface area contributed by atoms with E-state index in [4.69, 9.17) is 28.6 Å². The second kappa shape index (κ2) is 10.0. The number of likely N-dealkylation sites (N-methyl/N-ethyl adjacent to an activating group) is 1. The van der Waals surface area contributed by atoms with Gasteiger partial charge in [0.2, 0.25) is 5.91 Å². The molecule has 1 aromatic heterocycles. The summed E-state index contributed by atoms with van der Waals surface area (Å²) in [4.78, 5) is 31.6. The van der Waals surface area contributed by atoms with Gasteiger partial charge in [0.15, 0.2) is 5.11 Å². The van der Waals surface area contributed by atoms with E-state index in [1.54, 1.807) is 36.2 Å². The Morgan fingerprint density at radius 2 is 1.86 bits per heavy atom. The van der Waals surface area contributed by atoms with Gasteiger partial charge in [-0.05, 0) is 54.5 Å². The summed E-state index contributed by atoms with van der Waals surface area (Å²) in [5, 5.41) is 1.98. The Morgan fingerprint density at radius 1 is 1.14 bits per heavy atom. The number of thiocarbonyl (C=S) groups is 1. The van der Waals surface area contributed by atoms with Gasteiger partial charge in [-0.3, -0.25) is 14.5 Å². The summed E-state index contributed by atoms with van der Waals surface area (Å²) >= 11 is 11.6. The van der Waals surface area contributed by atoms with Gasteiger partial charge < -0.3 is 19.1 Å². The molecule has 2 aliphatic heterocycles. The summed E-state index contributed by atoms with van der Waals surface area (Å²) < 4.78 is 7.40. The van der Waals surface area contributed by atoms with E-state index in [1.165, 1.54) is 4.90 Å². The molecule has 186 valence electrons. The first-order valence-corrected chi connectivity index (χ1v) is 12.7. The molecule has 9 heteroatoms. The van der Waals surface area contributed by atoms with Gasteiger partial charge in [-0.25, -0.2) is 0 Å². The molecule has 2 fully saturated rings. The number of benzene rings is 2. The third-order valence-electron chi connectivity index (χ3n) is 6.70. The number of halogens is 1.